The molecule has 0 atom stereocenters. The molecule has 0 bridgehead atoms. The van der Waals surface area contributed by atoms with E-state index >= 15 is 0 Å². The molecule has 0 heterocycles. The van der Waals surface area contributed by atoms with Crippen molar-refractivity contribution in [2.75, 3.05) is 43.2 Å². The number of sulfonamides is 1. The van der Waals surface area contributed by atoms with E-state index in [1.54, 1.807) is 20.3 Å². The largest absolute Gasteiger partial charge is 0.496 e. The first-order chi connectivity index (χ1) is 24.1. The molecule has 0 saturated heterocycles. The Kier molecular flexibility index (Phi) is 12.1. The van der Waals surface area contributed by atoms with Crippen LogP contribution in [-0.2, 0) is 29.6 Å². The lowest BCUT2D eigenvalue weighted by molar-refractivity contribution is 0.298. The number of benzene rings is 5. The molecule has 0 unspecified atom stereocenters. The van der Waals surface area contributed by atoms with Gasteiger partial charge in [-0.3, -0.25) is 4.72 Å². The molecule has 0 saturated carbocycles. The second kappa shape index (κ2) is 16.6. The van der Waals surface area contributed by atoms with Gasteiger partial charge in [-0.05, 0) is 77.4 Å². The number of rotatable bonds is 16. The van der Waals surface area contributed by atoms with Crippen molar-refractivity contribution < 1.29 is 27.7 Å². The quantitative estimate of drug-likeness (QED) is 0.110. The van der Waals surface area contributed by atoms with Gasteiger partial charge in [0.2, 0.25) is 10.0 Å². The number of aliphatic hydroxyl groups excluding tert-OH is 1. The molecular weight excluding hydrogens is 649 g/mol. The highest BCUT2D eigenvalue weighted by Crippen LogP contribution is 2.43. The van der Waals surface area contributed by atoms with Crippen LogP contribution < -0.4 is 23.8 Å². The van der Waals surface area contributed by atoms with Gasteiger partial charge in [-0.25, -0.2) is 8.42 Å². The second-order valence-electron chi connectivity index (χ2n) is 12.4. The van der Waals surface area contributed by atoms with Crippen molar-refractivity contribution in [1.82, 2.24) is 0 Å². The number of methoxy groups -OCH3 is 2. The Morgan fingerprint density at radius 2 is 1.28 bits per heavy atom. The van der Waals surface area contributed by atoms with Crippen LogP contribution in [0.2, 0.25) is 0 Å². The summed E-state index contributed by atoms with van der Waals surface area (Å²) in [4.78, 5) is 2.20. The number of hydrogen-bond acceptors (Lipinski definition) is 7. The van der Waals surface area contributed by atoms with Crippen molar-refractivity contribution in [3.63, 3.8) is 0 Å². The van der Waals surface area contributed by atoms with Crippen LogP contribution in [0.15, 0.2) is 109 Å². The molecule has 262 valence electrons. The minimum atomic E-state index is -3.75. The predicted octanol–water partition coefficient (Wildman–Crippen LogP) is 7.64. The van der Waals surface area contributed by atoms with E-state index < -0.39 is 10.0 Å². The lowest BCUT2D eigenvalue weighted by atomic mass is 9.88. The van der Waals surface area contributed by atoms with Crippen molar-refractivity contribution in [3.05, 3.63) is 148 Å². The summed E-state index contributed by atoms with van der Waals surface area (Å²) in [5.74, 6) is 1.83. The molecule has 5 aromatic carbocycles. The SMILES string of the molecule is COc1ccc(C(CN(Cc2ccccc2)c2c(CCO)ccc(OCc3ccccc3)c2NS(C)(=O)=O)c2ccc(OC)c(C)c2)cc1C. The molecule has 0 aliphatic carbocycles. The highest BCUT2D eigenvalue weighted by molar-refractivity contribution is 7.92. The maximum atomic E-state index is 13.0. The van der Waals surface area contributed by atoms with Crippen molar-refractivity contribution >= 4 is 21.4 Å². The summed E-state index contributed by atoms with van der Waals surface area (Å²) in [6.07, 6.45) is 1.45. The van der Waals surface area contributed by atoms with E-state index in [1.807, 2.05) is 80.6 Å². The number of aliphatic hydroxyl groups is 1. The van der Waals surface area contributed by atoms with E-state index in [1.165, 1.54) is 0 Å². The van der Waals surface area contributed by atoms with Crippen LogP contribution in [0.1, 0.15) is 44.9 Å². The first-order valence-corrected chi connectivity index (χ1v) is 18.5. The standard InChI is InChI=1S/C41H46N2O6S/c1-29-24-34(17-19-37(29)47-3)36(35-18-20-38(48-4)30(2)25-35)27-43(26-31-12-8-6-9-13-31)41-33(22-23-44)16-21-39(40(41)42-50(5,45)46)49-28-32-14-10-7-11-15-32/h6-21,24-25,36,42,44H,22-23,26-28H2,1-5H3. The molecule has 0 aromatic heterocycles. The van der Waals surface area contributed by atoms with E-state index in [9.17, 15) is 13.5 Å². The zero-order valence-corrected chi connectivity index (χ0v) is 30.2. The Hall–Kier alpha value is -4.99. The lowest BCUT2D eigenvalue weighted by Gasteiger charge is -2.34. The molecule has 5 aromatic rings. The van der Waals surface area contributed by atoms with Crippen molar-refractivity contribution in [1.29, 1.82) is 0 Å². The molecule has 0 radical (unpaired) electrons. The zero-order chi connectivity index (χ0) is 35.7. The van der Waals surface area contributed by atoms with Crippen LogP contribution >= 0.6 is 0 Å². The summed E-state index contributed by atoms with van der Waals surface area (Å²) in [7, 11) is -0.417. The van der Waals surface area contributed by atoms with E-state index in [0.717, 1.165) is 56.7 Å². The van der Waals surface area contributed by atoms with E-state index in [-0.39, 0.29) is 19.1 Å². The second-order valence-corrected chi connectivity index (χ2v) is 14.2. The van der Waals surface area contributed by atoms with Gasteiger partial charge < -0.3 is 24.2 Å². The Bertz CT molecular complexity index is 1930. The van der Waals surface area contributed by atoms with Crippen LogP contribution in [0.4, 0.5) is 11.4 Å². The Morgan fingerprint density at radius 3 is 1.78 bits per heavy atom. The van der Waals surface area contributed by atoms with Crippen LogP contribution in [0.3, 0.4) is 0 Å². The molecule has 9 heteroatoms. The molecule has 2 N–H and O–H groups in total. The first kappa shape index (κ1) is 36.3. The van der Waals surface area contributed by atoms with Gasteiger partial charge in [0.05, 0.1) is 26.2 Å². The fraction of sp³-hybridized carbons (Fsp3) is 0.268. The number of hydrogen-bond donors (Lipinski definition) is 2. The van der Waals surface area contributed by atoms with Crippen molar-refractivity contribution in [2.24, 2.45) is 0 Å². The topological polar surface area (TPSA) is 97.3 Å². The normalized spacial score (nSPS) is 11.3. The Morgan fingerprint density at radius 1 is 0.740 bits per heavy atom. The van der Waals surface area contributed by atoms with Crippen molar-refractivity contribution in [2.45, 2.75) is 39.3 Å². The number of nitrogens with zero attached hydrogens (tertiary/aromatic N) is 1. The van der Waals surface area contributed by atoms with Gasteiger partial charge in [0, 0.05) is 25.6 Å². The van der Waals surface area contributed by atoms with Gasteiger partial charge in [0.25, 0.3) is 0 Å². The number of anilines is 2. The number of ether oxygens (including phenoxy) is 3. The average molecular weight is 695 g/mol. The summed E-state index contributed by atoms with van der Waals surface area (Å²) in [5, 5.41) is 10.2. The Labute approximate surface area is 296 Å². The van der Waals surface area contributed by atoms with Crippen LogP contribution in [0, 0.1) is 13.8 Å². The molecule has 8 nitrogen and oxygen atoms in total. The van der Waals surface area contributed by atoms with Gasteiger partial charge in [-0.2, -0.15) is 0 Å². The highest BCUT2D eigenvalue weighted by Gasteiger charge is 2.27. The summed E-state index contributed by atoms with van der Waals surface area (Å²) in [6.45, 7) is 5.11. The molecule has 0 aliphatic heterocycles. The maximum absolute atomic E-state index is 13.0. The minimum Gasteiger partial charge on any atom is -0.496 e. The molecule has 0 fully saturated rings. The smallest absolute Gasteiger partial charge is 0.230 e. The van der Waals surface area contributed by atoms with Crippen molar-refractivity contribution in [3.8, 4) is 17.2 Å². The minimum absolute atomic E-state index is 0.118. The monoisotopic (exact) mass is 694 g/mol. The summed E-state index contributed by atoms with van der Waals surface area (Å²) >= 11 is 0. The van der Waals surface area contributed by atoms with Crippen LogP contribution in [0.5, 0.6) is 17.2 Å². The first-order valence-electron chi connectivity index (χ1n) is 16.6. The van der Waals surface area contributed by atoms with Gasteiger partial charge >= 0.3 is 0 Å². The predicted molar refractivity (Wildman–Crippen MR) is 201 cm³/mol. The van der Waals surface area contributed by atoms with E-state index in [0.29, 0.717) is 36.6 Å². The van der Waals surface area contributed by atoms with Gasteiger partial charge in [0.1, 0.15) is 29.5 Å². The summed E-state index contributed by atoms with van der Waals surface area (Å²) in [6, 6.07) is 36.0. The summed E-state index contributed by atoms with van der Waals surface area (Å²) < 4.78 is 46.4. The highest BCUT2D eigenvalue weighted by atomic mass is 32.2. The third-order valence-corrected chi connectivity index (χ3v) is 9.28. The molecule has 0 spiro atoms. The fourth-order valence-corrected chi connectivity index (χ4v) is 6.91. The maximum Gasteiger partial charge on any atom is 0.230 e. The molecule has 50 heavy (non-hydrogen) atoms. The van der Waals surface area contributed by atoms with Crippen LogP contribution in [0.25, 0.3) is 0 Å². The van der Waals surface area contributed by atoms with Crippen LogP contribution in [-0.4, -0.2) is 47.2 Å². The van der Waals surface area contributed by atoms with E-state index in [4.69, 9.17) is 14.2 Å². The molecular formula is C41H46N2O6S. The zero-order valence-electron chi connectivity index (χ0n) is 29.3. The van der Waals surface area contributed by atoms with E-state index in [2.05, 4.69) is 46.0 Å². The summed E-state index contributed by atoms with van der Waals surface area (Å²) in [5.41, 5.74) is 7.92. The molecule has 5 rings (SSSR count). The lowest BCUT2D eigenvalue weighted by Crippen LogP contribution is -2.31. The van der Waals surface area contributed by atoms with Gasteiger partial charge in [0.15, 0.2) is 0 Å². The molecule has 0 amide bonds. The number of nitrogens with one attached hydrogen (secondary N) is 1. The third-order valence-electron chi connectivity index (χ3n) is 8.71. The average Bonchev–Trinajstić information content (AvgIpc) is 3.10. The number of aryl methyl sites for hydroxylation is 2. The van der Waals surface area contributed by atoms with Gasteiger partial charge in [-0.15, -0.1) is 0 Å². The fourth-order valence-electron chi connectivity index (χ4n) is 6.34. The van der Waals surface area contributed by atoms with Gasteiger partial charge in [-0.1, -0.05) is 91.0 Å². The Balaban J connectivity index is 1.72. The third kappa shape index (κ3) is 9.16. The molecule has 0 aliphatic rings.